The fourth-order valence-corrected chi connectivity index (χ4v) is 1.99. The molecule has 4 heteroatoms. The van der Waals surface area contributed by atoms with Crippen molar-refractivity contribution in [2.45, 2.75) is 0 Å². The molecule has 0 aliphatic carbocycles. The standard InChI is InChI=1S/C14H10N2O2/c17-16(18)14-7-6-13-8-12(9-15(13)10-14)11-4-2-1-3-5-11/h1-10H. The minimum Gasteiger partial charge on any atom is -0.317 e. The lowest BCUT2D eigenvalue weighted by Gasteiger charge is -1.94. The van der Waals surface area contributed by atoms with Gasteiger partial charge in [0, 0.05) is 23.3 Å². The largest absolute Gasteiger partial charge is 0.317 e. The number of pyridine rings is 1. The quantitative estimate of drug-likeness (QED) is 0.506. The lowest BCUT2D eigenvalue weighted by molar-refractivity contribution is -0.385. The molecule has 3 aromatic rings. The van der Waals surface area contributed by atoms with Crippen molar-refractivity contribution in [1.29, 1.82) is 0 Å². The maximum Gasteiger partial charge on any atom is 0.285 e. The lowest BCUT2D eigenvalue weighted by Crippen LogP contribution is -1.90. The van der Waals surface area contributed by atoms with Crippen LogP contribution in [0.3, 0.4) is 0 Å². The van der Waals surface area contributed by atoms with E-state index < -0.39 is 0 Å². The first-order valence-corrected chi connectivity index (χ1v) is 5.55. The molecule has 0 saturated carbocycles. The molecular formula is C14H10N2O2. The fourth-order valence-electron chi connectivity index (χ4n) is 1.99. The van der Waals surface area contributed by atoms with E-state index in [1.165, 1.54) is 12.3 Å². The lowest BCUT2D eigenvalue weighted by atomic mass is 10.1. The van der Waals surface area contributed by atoms with Gasteiger partial charge in [0.25, 0.3) is 5.69 Å². The van der Waals surface area contributed by atoms with Gasteiger partial charge < -0.3 is 4.40 Å². The SMILES string of the molecule is O=[N+]([O-])c1ccc2cc(-c3ccccc3)cn2c1. The Labute approximate surface area is 103 Å². The molecule has 0 atom stereocenters. The first kappa shape index (κ1) is 10.5. The van der Waals surface area contributed by atoms with Gasteiger partial charge >= 0.3 is 0 Å². The molecule has 0 aliphatic heterocycles. The molecule has 4 nitrogen and oxygen atoms in total. The zero-order valence-corrected chi connectivity index (χ0v) is 9.48. The maximum atomic E-state index is 10.7. The summed E-state index contributed by atoms with van der Waals surface area (Å²) in [7, 11) is 0. The number of hydrogen-bond donors (Lipinski definition) is 0. The van der Waals surface area contributed by atoms with Crippen LogP contribution in [-0.2, 0) is 0 Å². The molecule has 0 aliphatic rings. The molecular weight excluding hydrogens is 228 g/mol. The number of nitro groups is 1. The molecule has 0 unspecified atom stereocenters. The third-order valence-corrected chi connectivity index (χ3v) is 2.89. The summed E-state index contributed by atoms with van der Waals surface area (Å²) in [6, 6.07) is 15.2. The van der Waals surface area contributed by atoms with Gasteiger partial charge in [0.2, 0.25) is 0 Å². The van der Waals surface area contributed by atoms with Crippen molar-refractivity contribution in [3.05, 3.63) is 71.0 Å². The van der Waals surface area contributed by atoms with E-state index in [4.69, 9.17) is 0 Å². The van der Waals surface area contributed by atoms with E-state index in [-0.39, 0.29) is 10.6 Å². The minimum atomic E-state index is -0.387. The summed E-state index contributed by atoms with van der Waals surface area (Å²) in [5.74, 6) is 0. The molecule has 0 amide bonds. The first-order valence-electron chi connectivity index (χ1n) is 5.55. The van der Waals surface area contributed by atoms with Crippen molar-refractivity contribution < 1.29 is 4.92 Å². The van der Waals surface area contributed by atoms with Crippen LogP contribution in [0.15, 0.2) is 60.9 Å². The highest BCUT2D eigenvalue weighted by Crippen LogP contribution is 2.24. The molecule has 0 N–H and O–H groups in total. The van der Waals surface area contributed by atoms with E-state index in [9.17, 15) is 10.1 Å². The van der Waals surface area contributed by atoms with Crippen LogP contribution in [0.5, 0.6) is 0 Å². The predicted molar refractivity (Wildman–Crippen MR) is 69.5 cm³/mol. The van der Waals surface area contributed by atoms with E-state index in [1.54, 1.807) is 10.5 Å². The Bertz CT molecular complexity index is 717. The van der Waals surface area contributed by atoms with Gasteiger partial charge in [0.15, 0.2) is 0 Å². The zero-order chi connectivity index (χ0) is 12.5. The smallest absolute Gasteiger partial charge is 0.285 e. The molecule has 1 aromatic carbocycles. The second-order valence-electron chi connectivity index (χ2n) is 4.07. The van der Waals surface area contributed by atoms with Crippen LogP contribution in [0.4, 0.5) is 5.69 Å². The summed E-state index contributed by atoms with van der Waals surface area (Å²) < 4.78 is 1.78. The molecule has 0 fully saturated rings. The fraction of sp³-hybridized carbons (Fsp3) is 0. The number of hydrogen-bond acceptors (Lipinski definition) is 2. The van der Waals surface area contributed by atoms with Gasteiger partial charge in [-0.1, -0.05) is 30.3 Å². The average Bonchev–Trinajstić information content (AvgIpc) is 2.82. The van der Waals surface area contributed by atoms with E-state index in [0.717, 1.165) is 16.6 Å². The van der Waals surface area contributed by atoms with E-state index >= 15 is 0 Å². The van der Waals surface area contributed by atoms with Crippen molar-refractivity contribution in [3.8, 4) is 11.1 Å². The number of aromatic nitrogens is 1. The summed E-state index contributed by atoms with van der Waals surface area (Å²) in [6.07, 6.45) is 3.43. The Morgan fingerprint density at radius 1 is 0.944 bits per heavy atom. The van der Waals surface area contributed by atoms with Gasteiger partial charge in [0.1, 0.15) is 0 Å². The molecule has 0 bridgehead atoms. The van der Waals surface area contributed by atoms with Crippen LogP contribution in [0.2, 0.25) is 0 Å². The number of fused-ring (bicyclic) bond motifs is 1. The molecule has 0 saturated heterocycles. The van der Waals surface area contributed by atoms with Crippen molar-refractivity contribution in [2.75, 3.05) is 0 Å². The summed E-state index contributed by atoms with van der Waals surface area (Å²) in [6.45, 7) is 0. The highest BCUT2D eigenvalue weighted by Gasteiger charge is 2.07. The van der Waals surface area contributed by atoms with Crippen LogP contribution >= 0.6 is 0 Å². The van der Waals surface area contributed by atoms with Crippen LogP contribution in [0.1, 0.15) is 0 Å². The zero-order valence-electron chi connectivity index (χ0n) is 9.48. The molecule has 0 spiro atoms. The summed E-state index contributed by atoms with van der Waals surface area (Å²) in [5, 5.41) is 10.7. The second kappa shape index (κ2) is 4.00. The van der Waals surface area contributed by atoms with Crippen molar-refractivity contribution >= 4 is 11.2 Å². The highest BCUT2D eigenvalue weighted by molar-refractivity contribution is 5.70. The molecule has 2 heterocycles. The Morgan fingerprint density at radius 3 is 2.44 bits per heavy atom. The van der Waals surface area contributed by atoms with Gasteiger partial charge in [-0.15, -0.1) is 0 Å². The van der Waals surface area contributed by atoms with Gasteiger partial charge in [-0.25, -0.2) is 0 Å². The second-order valence-corrected chi connectivity index (χ2v) is 4.07. The average molecular weight is 238 g/mol. The summed E-state index contributed by atoms with van der Waals surface area (Å²) in [5.41, 5.74) is 3.19. The minimum absolute atomic E-state index is 0.0951. The van der Waals surface area contributed by atoms with E-state index in [2.05, 4.69) is 0 Å². The molecule has 88 valence electrons. The molecule has 3 rings (SSSR count). The first-order chi connectivity index (χ1) is 8.74. The highest BCUT2D eigenvalue weighted by atomic mass is 16.6. The number of nitrogens with zero attached hydrogens (tertiary/aromatic N) is 2. The van der Waals surface area contributed by atoms with Gasteiger partial charge in [-0.05, 0) is 17.7 Å². The van der Waals surface area contributed by atoms with Gasteiger partial charge in [-0.3, -0.25) is 10.1 Å². The van der Waals surface area contributed by atoms with Gasteiger partial charge in [-0.2, -0.15) is 0 Å². The van der Waals surface area contributed by atoms with Crippen LogP contribution in [-0.4, -0.2) is 9.32 Å². The third-order valence-electron chi connectivity index (χ3n) is 2.89. The van der Waals surface area contributed by atoms with Crippen LogP contribution in [0, 0.1) is 10.1 Å². The molecule has 0 radical (unpaired) electrons. The van der Waals surface area contributed by atoms with Crippen LogP contribution < -0.4 is 0 Å². The van der Waals surface area contributed by atoms with Crippen molar-refractivity contribution in [2.24, 2.45) is 0 Å². The monoisotopic (exact) mass is 238 g/mol. The Kier molecular flexibility index (Phi) is 2.34. The topological polar surface area (TPSA) is 47.5 Å². The third kappa shape index (κ3) is 1.73. The Morgan fingerprint density at radius 2 is 1.72 bits per heavy atom. The Hall–Kier alpha value is -2.62. The normalized spacial score (nSPS) is 10.7. The van der Waals surface area contributed by atoms with Gasteiger partial charge in [0.05, 0.1) is 11.1 Å². The number of rotatable bonds is 2. The van der Waals surface area contributed by atoms with Crippen LogP contribution in [0.25, 0.3) is 16.6 Å². The van der Waals surface area contributed by atoms with Crippen molar-refractivity contribution in [1.82, 2.24) is 4.40 Å². The predicted octanol–water partition coefficient (Wildman–Crippen LogP) is 3.51. The summed E-state index contributed by atoms with van der Waals surface area (Å²) in [4.78, 5) is 10.3. The number of benzene rings is 1. The summed E-state index contributed by atoms with van der Waals surface area (Å²) >= 11 is 0. The maximum absolute atomic E-state index is 10.7. The van der Waals surface area contributed by atoms with E-state index in [0.29, 0.717) is 0 Å². The van der Waals surface area contributed by atoms with Crippen molar-refractivity contribution in [3.63, 3.8) is 0 Å². The molecule has 2 aromatic heterocycles. The Balaban J connectivity index is 2.14. The molecule has 18 heavy (non-hydrogen) atoms. The van der Waals surface area contributed by atoms with E-state index in [1.807, 2.05) is 42.6 Å².